The Labute approximate surface area is 149 Å². The van der Waals surface area contributed by atoms with Gasteiger partial charge in [0, 0.05) is 13.0 Å². The number of ether oxygens (including phenoxy) is 2. The molecule has 0 saturated carbocycles. The van der Waals surface area contributed by atoms with Crippen molar-refractivity contribution in [3.63, 3.8) is 0 Å². The van der Waals surface area contributed by atoms with Crippen LogP contribution < -0.4 is 10.1 Å². The van der Waals surface area contributed by atoms with Crippen LogP contribution in [0.3, 0.4) is 0 Å². The van der Waals surface area contributed by atoms with Gasteiger partial charge >= 0.3 is 5.97 Å². The third-order valence-electron chi connectivity index (χ3n) is 3.21. The van der Waals surface area contributed by atoms with Crippen LogP contribution in [-0.2, 0) is 20.7 Å². The number of rotatable bonds is 9. The fourth-order valence-electron chi connectivity index (χ4n) is 2.17. The van der Waals surface area contributed by atoms with E-state index in [4.69, 9.17) is 9.47 Å². The fourth-order valence-corrected chi connectivity index (χ4v) is 2.17. The topological polar surface area (TPSA) is 84.9 Å². The standard InChI is InChI=1S/C19H29NO5/c1-13(2)25-15-8-6-7-14(11-15)12-17(21)20-16(18(22)23)9-10-24-19(3,4)5/h6-8,11,13,16H,9-10,12H2,1-5H3,(H,20,21)(H,22,23). The lowest BCUT2D eigenvalue weighted by atomic mass is 10.1. The molecule has 1 rings (SSSR count). The van der Waals surface area contributed by atoms with Crippen LogP contribution in [-0.4, -0.2) is 41.3 Å². The smallest absolute Gasteiger partial charge is 0.326 e. The number of hydrogen-bond donors (Lipinski definition) is 2. The Morgan fingerprint density at radius 1 is 1.24 bits per heavy atom. The molecule has 2 N–H and O–H groups in total. The highest BCUT2D eigenvalue weighted by molar-refractivity contribution is 5.84. The molecule has 1 aromatic carbocycles. The monoisotopic (exact) mass is 351 g/mol. The van der Waals surface area contributed by atoms with Crippen molar-refractivity contribution in [1.82, 2.24) is 5.32 Å². The Morgan fingerprint density at radius 2 is 1.92 bits per heavy atom. The van der Waals surface area contributed by atoms with E-state index in [9.17, 15) is 14.7 Å². The number of amides is 1. The van der Waals surface area contributed by atoms with E-state index in [2.05, 4.69) is 5.32 Å². The zero-order valence-electron chi connectivity index (χ0n) is 15.7. The number of benzene rings is 1. The summed E-state index contributed by atoms with van der Waals surface area (Å²) in [4.78, 5) is 23.5. The minimum atomic E-state index is -1.07. The van der Waals surface area contributed by atoms with Crippen molar-refractivity contribution < 1.29 is 24.2 Å². The van der Waals surface area contributed by atoms with E-state index in [1.807, 2.05) is 52.8 Å². The molecule has 0 saturated heterocycles. The minimum Gasteiger partial charge on any atom is -0.491 e. The number of carboxylic acid groups (broad SMARTS) is 1. The summed E-state index contributed by atoms with van der Waals surface area (Å²) in [5, 5.41) is 11.8. The van der Waals surface area contributed by atoms with Gasteiger partial charge in [-0.2, -0.15) is 0 Å². The van der Waals surface area contributed by atoms with Gasteiger partial charge in [0.05, 0.1) is 18.1 Å². The van der Waals surface area contributed by atoms with E-state index in [0.29, 0.717) is 5.75 Å². The normalized spacial score (nSPS) is 12.7. The average molecular weight is 351 g/mol. The first-order valence-corrected chi connectivity index (χ1v) is 8.48. The van der Waals surface area contributed by atoms with Crippen LogP contribution in [0.4, 0.5) is 0 Å². The first-order valence-electron chi connectivity index (χ1n) is 8.48. The van der Waals surface area contributed by atoms with Crippen molar-refractivity contribution in [3.8, 4) is 5.75 Å². The zero-order valence-corrected chi connectivity index (χ0v) is 15.7. The van der Waals surface area contributed by atoms with Gasteiger partial charge in [0.1, 0.15) is 11.8 Å². The highest BCUT2D eigenvalue weighted by atomic mass is 16.5. The van der Waals surface area contributed by atoms with Crippen LogP contribution in [0.2, 0.25) is 0 Å². The van der Waals surface area contributed by atoms with Gasteiger partial charge in [-0.3, -0.25) is 4.79 Å². The molecule has 0 aliphatic carbocycles. The van der Waals surface area contributed by atoms with Crippen LogP contribution in [0.25, 0.3) is 0 Å². The maximum absolute atomic E-state index is 12.2. The van der Waals surface area contributed by atoms with Gasteiger partial charge in [0.25, 0.3) is 0 Å². The molecular formula is C19H29NO5. The first-order chi connectivity index (χ1) is 11.6. The molecule has 0 aliphatic rings. The molecule has 1 atom stereocenters. The predicted octanol–water partition coefficient (Wildman–Crippen LogP) is 2.79. The van der Waals surface area contributed by atoms with Crippen molar-refractivity contribution in [2.75, 3.05) is 6.61 Å². The summed E-state index contributed by atoms with van der Waals surface area (Å²) in [6.07, 6.45) is 0.358. The van der Waals surface area contributed by atoms with Crippen molar-refractivity contribution in [2.24, 2.45) is 0 Å². The van der Waals surface area contributed by atoms with Gasteiger partial charge in [-0.1, -0.05) is 12.1 Å². The van der Waals surface area contributed by atoms with E-state index < -0.39 is 12.0 Å². The number of hydrogen-bond acceptors (Lipinski definition) is 4. The molecule has 25 heavy (non-hydrogen) atoms. The van der Waals surface area contributed by atoms with Gasteiger partial charge < -0.3 is 19.9 Å². The molecule has 6 heteroatoms. The second kappa shape index (κ2) is 9.42. The SMILES string of the molecule is CC(C)Oc1cccc(CC(=O)NC(CCOC(C)(C)C)C(=O)O)c1. The van der Waals surface area contributed by atoms with Crippen molar-refractivity contribution in [2.45, 2.75) is 65.2 Å². The highest BCUT2D eigenvalue weighted by Crippen LogP contribution is 2.15. The molecular weight excluding hydrogens is 322 g/mol. The Kier molecular flexibility index (Phi) is 7.90. The molecule has 0 bridgehead atoms. The molecule has 0 heterocycles. The Balaban J connectivity index is 2.58. The third kappa shape index (κ3) is 9.10. The summed E-state index contributed by atoms with van der Waals surface area (Å²) in [6, 6.07) is 6.27. The lowest BCUT2D eigenvalue weighted by Gasteiger charge is -2.21. The van der Waals surface area contributed by atoms with Crippen LogP contribution in [0.5, 0.6) is 5.75 Å². The van der Waals surface area contributed by atoms with E-state index >= 15 is 0 Å². The van der Waals surface area contributed by atoms with Crippen LogP contribution in [0.1, 0.15) is 46.6 Å². The van der Waals surface area contributed by atoms with E-state index in [1.165, 1.54) is 0 Å². The average Bonchev–Trinajstić information content (AvgIpc) is 2.44. The summed E-state index contributed by atoms with van der Waals surface area (Å²) >= 11 is 0. The zero-order chi connectivity index (χ0) is 19.0. The molecule has 6 nitrogen and oxygen atoms in total. The predicted molar refractivity (Wildman–Crippen MR) is 95.8 cm³/mol. The number of carbonyl (C=O) groups is 2. The summed E-state index contributed by atoms with van der Waals surface area (Å²) in [7, 11) is 0. The Morgan fingerprint density at radius 3 is 2.48 bits per heavy atom. The Hall–Kier alpha value is -2.08. The summed E-state index contributed by atoms with van der Waals surface area (Å²) in [6.45, 7) is 9.81. The van der Waals surface area contributed by atoms with E-state index in [-0.39, 0.29) is 37.1 Å². The first kappa shape index (κ1) is 21.0. The molecule has 0 radical (unpaired) electrons. The van der Waals surface area contributed by atoms with Gasteiger partial charge in [0.15, 0.2) is 0 Å². The summed E-state index contributed by atoms with van der Waals surface area (Å²) < 4.78 is 11.1. The van der Waals surface area contributed by atoms with Crippen LogP contribution in [0, 0.1) is 0 Å². The van der Waals surface area contributed by atoms with Gasteiger partial charge in [-0.05, 0) is 52.3 Å². The molecule has 0 aliphatic heterocycles. The largest absolute Gasteiger partial charge is 0.491 e. The number of nitrogens with one attached hydrogen (secondary N) is 1. The second-order valence-corrected chi connectivity index (χ2v) is 7.20. The molecule has 0 spiro atoms. The lowest BCUT2D eigenvalue weighted by molar-refractivity contribution is -0.142. The maximum Gasteiger partial charge on any atom is 0.326 e. The maximum atomic E-state index is 12.2. The molecule has 0 fully saturated rings. The van der Waals surface area contributed by atoms with E-state index in [0.717, 1.165) is 5.56 Å². The van der Waals surface area contributed by atoms with Crippen LogP contribution in [0.15, 0.2) is 24.3 Å². The molecule has 1 unspecified atom stereocenters. The molecule has 1 aromatic rings. The number of carbonyl (C=O) groups excluding carboxylic acids is 1. The quantitative estimate of drug-likeness (QED) is 0.715. The summed E-state index contributed by atoms with van der Waals surface area (Å²) in [5.41, 5.74) is 0.426. The Bertz CT molecular complexity index is 577. The number of aliphatic carboxylic acids is 1. The van der Waals surface area contributed by atoms with E-state index in [1.54, 1.807) is 6.07 Å². The van der Waals surface area contributed by atoms with Crippen molar-refractivity contribution in [3.05, 3.63) is 29.8 Å². The summed E-state index contributed by atoms with van der Waals surface area (Å²) in [5.74, 6) is -0.721. The number of carboxylic acids is 1. The minimum absolute atomic E-state index is 0.0447. The molecule has 140 valence electrons. The second-order valence-electron chi connectivity index (χ2n) is 7.20. The fraction of sp³-hybridized carbons (Fsp3) is 0.579. The molecule has 0 aromatic heterocycles. The van der Waals surface area contributed by atoms with Gasteiger partial charge in [-0.25, -0.2) is 4.79 Å². The van der Waals surface area contributed by atoms with Crippen molar-refractivity contribution in [1.29, 1.82) is 0 Å². The molecule has 1 amide bonds. The van der Waals surface area contributed by atoms with Crippen molar-refractivity contribution >= 4 is 11.9 Å². The lowest BCUT2D eigenvalue weighted by Crippen LogP contribution is -2.42. The van der Waals surface area contributed by atoms with Gasteiger partial charge in [-0.15, -0.1) is 0 Å². The third-order valence-corrected chi connectivity index (χ3v) is 3.21. The van der Waals surface area contributed by atoms with Gasteiger partial charge in [0.2, 0.25) is 5.91 Å². The highest BCUT2D eigenvalue weighted by Gasteiger charge is 2.21. The van der Waals surface area contributed by atoms with Crippen LogP contribution >= 0.6 is 0 Å².